The predicted octanol–water partition coefficient (Wildman–Crippen LogP) is 2.03. The van der Waals surface area contributed by atoms with Gasteiger partial charge in [-0.25, -0.2) is 0 Å². The van der Waals surface area contributed by atoms with Crippen molar-refractivity contribution in [3.63, 3.8) is 0 Å². The fourth-order valence-corrected chi connectivity index (χ4v) is 5.68. The Bertz CT molecular complexity index is 1150. The Kier molecular flexibility index (Phi) is 6.16. The normalized spacial score (nSPS) is 24.0. The van der Waals surface area contributed by atoms with E-state index < -0.39 is 34.9 Å². The zero-order valence-electron chi connectivity index (χ0n) is 19.6. The first kappa shape index (κ1) is 23.8. The highest BCUT2D eigenvalue weighted by molar-refractivity contribution is 6.22. The number of allylic oxidation sites excluding steroid dienone is 3. The van der Waals surface area contributed by atoms with E-state index in [1.54, 1.807) is 0 Å². The van der Waals surface area contributed by atoms with E-state index in [9.17, 15) is 29.7 Å². The summed E-state index contributed by atoms with van der Waals surface area (Å²) < 4.78 is 0. The van der Waals surface area contributed by atoms with Gasteiger partial charge >= 0.3 is 0 Å². The molecule has 3 aliphatic carbocycles. The van der Waals surface area contributed by atoms with Crippen LogP contribution in [-0.2, 0) is 22.6 Å². The van der Waals surface area contributed by atoms with E-state index in [1.807, 2.05) is 32.0 Å². The first-order chi connectivity index (χ1) is 16.1. The number of rotatable bonds is 6. The Balaban J connectivity index is 1.83. The van der Waals surface area contributed by atoms with Gasteiger partial charge in [-0.15, -0.1) is 0 Å². The molecule has 0 aliphatic heterocycles. The molecule has 0 bridgehead atoms. The van der Waals surface area contributed by atoms with Gasteiger partial charge in [-0.1, -0.05) is 6.92 Å². The standard InChI is InChI=1S/C25H31N3O6/c1-4-5-27-10-13-8-15(28(2)3)14-7-11-6-12-9-16(29)20(25(26)34)24(33)18(12)22(31)17(11)23(32)19(14)21(13)30/h8,11-12,18,27,29-31H,4-7,9-10H2,1-3H3,(H2,26,34). The van der Waals surface area contributed by atoms with Gasteiger partial charge < -0.3 is 31.3 Å². The van der Waals surface area contributed by atoms with Crippen molar-refractivity contribution in [2.24, 2.45) is 23.5 Å². The minimum Gasteiger partial charge on any atom is -0.511 e. The quantitative estimate of drug-likeness (QED) is 0.313. The van der Waals surface area contributed by atoms with Crippen molar-refractivity contribution < 1.29 is 29.7 Å². The molecule has 1 amide bonds. The smallest absolute Gasteiger partial charge is 0.255 e. The number of nitrogens with one attached hydrogen (secondary N) is 1. The largest absolute Gasteiger partial charge is 0.511 e. The third kappa shape index (κ3) is 3.64. The van der Waals surface area contributed by atoms with Crippen LogP contribution in [0, 0.1) is 17.8 Å². The van der Waals surface area contributed by atoms with Gasteiger partial charge in [0.05, 0.1) is 11.5 Å². The van der Waals surface area contributed by atoms with Gasteiger partial charge in [-0.05, 0) is 49.3 Å². The molecule has 182 valence electrons. The number of nitrogens with two attached hydrogens (primary N) is 1. The summed E-state index contributed by atoms with van der Waals surface area (Å²) in [4.78, 5) is 40.3. The molecule has 6 N–H and O–H groups in total. The van der Waals surface area contributed by atoms with Crippen LogP contribution in [0.3, 0.4) is 0 Å². The van der Waals surface area contributed by atoms with Crippen molar-refractivity contribution in [1.82, 2.24) is 5.32 Å². The molecule has 3 atom stereocenters. The summed E-state index contributed by atoms with van der Waals surface area (Å²) in [6, 6.07) is 1.88. The molecule has 0 heterocycles. The van der Waals surface area contributed by atoms with Crippen LogP contribution >= 0.6 is 0 Å². The van der Waals surface area contributed by atoms with Gasteiger partial charge in [0.15, 0.2) is 11.6 Å². The van der Waals surface area contributed by atoms with Crippen LogP contribution in [0.15, 0.2) is 28.7 Å². The molecule has 34 heavy (non-hydrogen) atoms. The minimum absolute atomic E-state index is 0.0252. The van der Waals surface area contributed by atoms with E-state index in [2.05, 4.69) is 5.32 Å². The van der Waals surface area contributed by atoms with E-state index >= 15 is 0 Å². The number of phenols is 1. The molecule has 1 aromatic rings. The summed E-state index contributed by atoms with van der Waals surface area (Å²) in [5.41, 5.74) is 7.11. The van der Waals surface area contributed by atoms with Crippen LogP contribution in [0.4, 0.5) is 5.69 Å². The molecule has 0 radical (unpaired) electrons. The lowest BCUT2D eigenvalue weighted by atomic mass is 9.62. The van der Waals surface area contributed by atoms with Gasteiger partial charge in [0, 0.05) is 43.9 Å². The zero-order valence-corrected chi connectivity index (χ0v) is 19.6. The number of primary amides is 1. The number of Topliss-reactive ketones (excluding diaryl/α,β-unsaturated/α-hetero) is 2. The number of fused-ring (bicyclic) bond motifs is 3. The molecular formula is C25H31N3O6. The number of anilines is 1. The Labute approximate surface area is 197 Å². The summed E-state index contributed by atoms with van der Waals surface area (Å²) in [5.74, 6) is -5.14. The van der Waals surface area contributed by atoms with Crippen molar-refractivity contribution in [2.75, 3.05) is 25.5 Å². The van der Waals surface area contributed by atoms with E-state index in [4.69, 9.17) is 5.73 Å². The van der Waals surface area contributed by atoms with Gasteiger partial charge in [-0.3, -0.25) is 14.4 Å². The van der Waals surface area contributed by atoms with Crippen molar-refractivity contribution in [1.29, 1.82) is 0 Å². The third-order valence-corrected chi connectivity index (χ3v) is 7.17. The number of aliphatic hydroxyl groups excluding tert-OH is 2. The van der Waals surface area contributed by atoms with Crippen molar-refractivity contribution in [3.05, 3.63) is 45.4 Å². The second kappa shape index (κ2) is 8.79. The second-order valence-electron chi connectivity index (χ2n) is 9.59. The fourth-order valence-electron chi connectivity index (χ4n) is 5.68. The van der Waals surface area contributed by atoms with Gasteiger partial charge in [0.25, 0.3) is 5.91 Å². The van der Waals surface area contributed by atoms with Crippen LogP contribution in [-0.4, -0.2) is 53.4 Å². The summed E-state index contributed by atoms with van der Waals surface area (Å²) in [6.07, 6.45) is 1.72. The van der Waals surface area contributed by atoms with Crippen LogP contribution in [0.1, 0.15) is 47.7 Å². The number of aromatic hydroxyl groups is 1. The molecule has 0 aromatic heterocycles. The summed E-state index contributed by atoms with van der Waals surface area (Å²) >= 11 is 0. The summed E-state index contributed by atoms with van der Waals surface area (Å²) in [6.45, 7) is 3.17. The van der Waals surface area contributed by atoms with Crippen molar-refractivity contribution >= 4 is 23.2 Å². The highest BCUT2D eigenvalue weighted by Crippen LogP contribution is 2.51. The Morgan fingerprint density at radius 3 is 2.53 bits per heavy atom. The first-order valence-corrected chi connectivity index (χ1v) is 11.6. The maximum absolute atomic E-state index is 13.7. The maximum Gasteiger partial charge on any atom is 0.255 e. The topological polar surface area (TPSA) is 153 Å². The second-order valence-corrected chi connectivity index (χ2v) is 9.59. The molecule has 0 saturated heterocycles. The van der Waals surface area contributed by atoms with E-state index in [0.29, 0.717) is 30.5 Å². The number of hydrogen-bond acceptors (Lipinski definition) is 8. The van der Waals surface area contributed by atoms with Crippen molar-refractivity contribution in [2.45, 2.75) is 39.2 Å². The highest BCUT2D eigenvalue weighted by Gasteiger charge is 2.50. The van der Waals surface area contributed by atoms with Gasteiger partial charge in [0.2, 0.25) is 0 Å². The van der Waals surface area contributed by atoms with Crippen LogP contribution < -0.4 is 16.0 Å². The molecule has 9 heteroatoms. The number of aliphatic hydroxyl groups is 2. The fraction of sp³-hybridized carbons (Fsp3) is 0.480. The minimum atomic E-state index is -1.11. The Morgan fingerprint density at radius 2 is 1.91 bits per heavy atom. The monoisotopic (exact) mass is 469 g/mol. The lowest BCUT2D eigenvalue weighted by molar-refractivity contribution is -0.126. The molecule has 0 saturated carbocycles. The highest BCUT2D eigenvalue weighted by atomic mass is 16.3. The van der Waals surface area contributed by atoms with E-state index in [1.165, 1.54) is 0 Å². The summed E-state index contributed by atoms with van der Waals surface area (Å²) in [5, 5.41) is 35.7. The van der Waals surface area contributed by atoms with Gasteiger partial charge in [-0.2, -0.15) is 0 Å². The summed E-state index contributed by atoms with van der Waals surface area (Å²) in [7, 11) is 3.74. The average molecular weight is 470 g/mol. The zero-order chi connectivity index (χ0) is 24.9. The SMILES string of the molecule is CCCNCc1cc(N(C)C)c2c(c1O)C(=O)C1=C(O)C3C(=O)C(C(N)=O)=C(O)CC3CC1C2. The van der Waals surface area contributed by atoms with Crippen LogP contribution in [0.2, 0.25) is 0 Å². The third-order valence-electron chi connectivity index (χ3n) is 7.17. The van der Waals surface area contributed by atoms with E-state index in [-0.39, 0.29) is 40.7 Å². The average Bonchev–Trinajstić information content (AvgIpc) is 2.74. The number of benzene rings is 1. The lowest BCUT2D eigenvalue weighted by Gasteiger charge is -2.41. The first-order valence-electron chi connectivity index (χ1n) is 11.6. The number of carbonyl (C=O) groups excluding carboxylic acids is 3. The lowest BCUT2D eigenvalue weighted by Crippen LogP contribution is -2.43. The molecule has 0 spiro atoms. The van der Waals surface area contributed by atoms with Crippen molar-refractivity contribution in [3.8, 4) is 5.75 Å². The van der Waals surface area contributed by atoms with E-state index in [0.717, 1.165) is 18.7 Å². The molecule has 0 fully saturated rings. The molecule has 1 aromatic carbocycles. The number of nitrogens with zero attached hydrogens (tertiary/aromatic N) is 1. The van der Waals surface area contributed by atoms with Crippen LogP contribution in [0.5, 0.6) is 5.75 Å². The van der Waals surface area contributed by atoms with Gasteiger partial charge in [0.1, 0.15) is 22.8 Å². The number of hydrogen-bond donors (Lipinski definition) is 5. The molecule has 3 aliphatic rings. The molecule has 9 nitrogen and oxygen atoms in total. The molecule has 4 rings (SSSR count). The number of phenolic OH excluding ortho intramolecular Hbond substituents is 1. The number of amides is 1. The Hall–Kier alpha value is -3.33. The molecular weight excluding hydrogens is 438 g/mol. The number of carbonyl (C=O) groups is 3. The maximum atomic E-state index is 13.7. The number of ketones is 2. The van der Waals surface area contributed by atoms with Crippen LogP contribution in [0.25, 0.3) is 0 Å². The molecule has 3 unspecified atom stereocenters. The Morgan fingerprint density at radius 1 is 1.21 bits per heavy atom. The predicted molar refractivity (Wildman–Crippen MR) is 126 cm³/mol.